The van der Waals surface area contributed by atoms with Gasteiger partial charge in [0, 0.05) is 16.1 Å². The van der Waals surface area contributed by atoms with Crippen molar-refractivity contribution in [3.05, 3.63) is 58.3 Å². The maximum Gasteiger partial charge on any atom is 0.160 e. The second kappa shape index (κ2) is 5.31. The summed E-state index contributed by atoms with van der Waals surface area (Å²) in [6, 6.07) is 10.9. The number of ketones is 1. The fourth-order valence-electron chi connectivity index (χ4n) is 1.51. The van der Waals surface area contributed by atoms with E-state index in [9.17, 15) is 9.18 Å². The second-order valence-electron chi connectivity index (χ2n) is 3.76. The van der Waals surface area contributed by atoms with Gasteiger partial charge in [0.05, 0.1) is 0 Å². The Morgan fingerprint density at radius 1 is 1.17 bits per heavy atom. The highest BCUT2D eigenvalue weighted by atomic mass is 79.9. The smallest absolute Gasteiger partial charge is 0.160 e. The first-order chi connectivity index (χ1) is 8.56. The van der Waals surface area contributed by atoms with Crippen LogP contribution in [-0.4, -0.2) is 5.78 Å². The number of carbonyl (C=O) groups is 1. The average molecular weight is 309 g/mol. The van der Waals surface area contributed by atoms with Crippen LogP contribution in [0.1, 0.15) is 17.3 Å². The Labute approximate surface area is 113 Å². The van der Waals surface area contributed by atoms with Gasteiger partial charge in [0.15, 0.2) is 5.78 Å². The summed E-state index contributed by atoms with van der Waals surface area (Å²) in [5, 5.41) is 0. The summed E-state index contributed by atoms with van der Waals surface area (Å²) in [5.41, 5.74) is 0.585. The second-order valence-corrected chi connectivity index (χ2v) is 4.61. The highest BCUT2D eigenvalue weighted by Gasteiger charge is 2.07. The van der Waals surface area contributed by atoms with Gasteiger partial charge in [0.1, 0.15) is 17.3 Å². The van der Waals surface area contributed by atoms with E-state index in [-0.39, 0.29) is 11.6 Å². The molecule has 0 aliphatic carbocycles. The maximum absolute atomic E-state index is 13.0. The molecule has 0 saturated heterocycles. The number of hydrogen-bond acceptors (Lipinski definition) is 2. The van der Waals surface area contributed by atoms with E-state index in [0.717, 1.165) is 0 Å². The molecule has 2 rings (SSSR count). The molecule has 0 fully saturated rings. The number of carbonyl (C=O) groups excluding carboxylic acids is 1. The van der Waals surface area contributed by atoms with E-state index in [1.165, 1.54) is 19.1 Å². The van der Waals surface area contributed by atoms with Crippen LogP contribution in [0.3, 0.4) is 0 Å². The van der Waals surface area contributed by atoms with Crippen LogP contribution < -0.4 is 4.74 Å². The molecule has 0 N–H and O–H groups in total. The van der Waals surface area contributed by atoms with Crippen molar-refractivity contribution < 1.29 is 13.9 Å². The molecular formula is C14H10BrFO2. The molecular weight excluding hydrogens is 299 g/mol. The number of ether oxygens (including phenoxy) is 1. The summed E-state index contributed by atoms with van der Waals surface area (Å²) in [5.74, 6) is 0.570. The molecule has 2 aromatic rings. The number of hydrogen-bond donors (Lipinski definition) is 0. The topological polar surface area (TPSA) is 26.3 Å². The largest absolute Gasteiger partial charge is 0.457 e. The van der Waals surface area contributed by atoms with Gasteiger partial charge in [-0.3, -0.25) is 4.79 Å². The van der Waals surface area contributed by atoms with E-state index in [1.807, 2.05) is 0 Å². The number of Topliss-reactive ketones (excluding diaryl/α,β-unsaturated/α-hetero) is 1. The lowest BCUT2D eigenvalue weighted by molar-refractivity contribution is 0.101. The summed E-state index contributed by atoms with van der Waals surface area (Å²) >= 11 is 3.30. The normalized spacial score (nSPS) is 10.2. The van der Waals surface area contributed by atoms with Crippen LogP contribution in [0.4, 0.5) is 4.39 Å². The van der Waals surface area contributed by atoms with E-state index >= 15 is 0 Å². The number of halogens is 2. The summed E-state index contributed by atoms with van der Waals surface area (Å²) in [6.45, 7) is 1.49. The maximum atomic E-state index is 13.0. The molecule has 0 saturated carbocycles. The Hall–Kier alpha value is -1.68. The van der Waals surface area contributed by atoms with Gasteiger partial charge in [-0.15, -0.1) is 0 Å². The van der Waals surface area contributed by atoms with Gasteiger partial charge >= 0.3 is 0 Å². The lowest BCUT2D eigenvalue weighted by Crippen LogP contribution is -1.94. The van der Waals surface area contributed by atoms with Crippen molar-refractivity contribution in [2.24, 2.45) is 0 Å². The average Bonchev–Trinajstić information content (AvgIpc) is 2.28. The first-order valence-corrected chi connectivity index (χ1v) is 6.09. The Kier molecular flexibility index (Phi) is 3.77. The van der Waals surface area contributed by atoms with Crippen LogP contribution in [0.15, 0.2) is 46.9 Å². The summed E-state index contributed by atoms with van der Waals surface area (Å²) in [7, 11) is 0. The van der Waals surface area contributed by atoms with Crippen molar-refractivity contribution in [2.75, 3.05) is 0 Å². The molecule has 0 aliphatic heterocycles. The molecule has 2 nitrogen and oxygen atoms in total. The molecule has 92 valence electrons. The zero-order valence-corrected chi connectivity index (χ0v) is 11.2. The van der Waals surface area contributed by atoms with Crippen molar-refractivity contribution in [3.63, 3.8) is 0 Å². The van der Waals surface area contributed by atoms with E-state index in [1.54, 1.807) is 30.3 Å². The quantitative estimate of drug-likeness (QED) is 0.776. The predicted molar refractivity (Wildman–Crippen MR) is 70.6 cm³/mol. The van der Waals surface area contributed by atoms with Crippen molar-refractivity contribution in [2.45, 2.75) is 6.92 Å². The van der Waals surface area contributed by atoms with Gasteiger partial charge < -0.3 is 4.74 Å². The zero-order valence-electron chi connectivity index (χ0n) is 9.61. The molecule has 0 bridgehead atoms. The molecule has 2 aromatic carbocycles. The van der Waals surface area contributed by atoms with Gasteiger partial charge in [0.2, 0.25) is 0 Å². The molecule has 4 heteroatoms. The van der Waals surface area contributed by atoms with Crippen LogP contribution in [0, 0.1) is 5.82 Å². The van der Waals surface area contributed by atoms with E-state index in [4.69, 9.17) is 4.74 Å². The lowest BCUT2D eigenvalue weighted by atomic mass is 10.1. The van der Waals surface area contributed by atoms with E-state index in [0.29, 0.717) is 21.5 Å². The van der Waals surface area contributed by atoms with Crippen LogP contribution in [-0.2, 0) is 0 Å². The van der Waals surface area contributed by atoms with Gasteiger partial charge in [-0.25, -0.2) is 4.39 Å². The predicted octanol–water partition coefficient (Wildman–Crippen LogP) is 4.58. The summed E-state index contributed by atoms with van der Waals surface area (Å²) in [6.07, 6.45) is 0. The van der Waals surface area contributed by atoms with Gasteiger partial charge in [-0.05, 0) is 53.2 Å². The Bertz CT molecular complexity index is 596. The molecule has 18 heavy (non-hydrogen) atoms. The van der Waals surface area contributed by atoms with E-state index < -0.39 is 0 Å². The van der Waals surface area contributed by atoms with Crippen LogP contribution in [0.5, 0.6) is 11.5 Å². The third-order valence-electron chi connectivity index (χ3n) is 2.35. The Morgan fingerprint density at radius 3 is 2.50 bits per heavy atom. The third kappa shape index (κ3) is 2.96. The van der Waals surface area contributed by atoms with Gasteiger partial charge in [-0.2, -0.15) is 0 Å². The molecule has 0 heterocycles. The standard InChI is InChI=1S/C14H10BrFO2/c1-9(17)13-6-5-12(8-14(13)15)18-11-4-2-3-10(16)7-11/h2-8H,1H3. The lowest BCUT2D eigenvalue weighted by Gasteiger charge is -2.07. The molecule has 0 unspecified atom stereocenters. The molecule has 0 atom stereocenters. The van der Waals surface area contributed by atoms with Crippen molar-refractivity contribution in [1.29, 1.82) is 0 Å². The van der Waals surface area contributed by atoms with Crippen molar-refractivity contribution in [1.82, 2.24) is 0 Å². The van der Waals surface area contributed by atoms with Crippen molar-refractivity contribution >= 4 is 21.7 Å². The zero-order chi connectivity index (χ0) is 13.1. The highest BCUT2D eigenvalue weighted by molar-refractivity contribution is 9.10. The SMILES string of the molecule is CC(=O)c1ccc(Oc2cccc(F)c2)cc1Br. The monoisotopic (exact) mass is 308 g/mol. The minimum Gasteiger partial charge on any atom is -0.457 e. The van der Waals surface area contributed by atoms with Gasteiger partial charge in [0.25, 0.3) is 0 Å². The minimum absolute atomic E-state index is 0.0285. The van der Waals surface area contributed by atoms with Crippen molar-refractivity contribution in [3.8, 4) is 11.5 Å². The highest BCUT2D eigenvalue weighted by Crippen LogP contribution is 2.27. The number of benzene rings is 2. The Morgan fingerprint density at radius 2 is 1.89 bits per heavy atom. The van der Waals surface area contributed by atoms with Crippen LogP contribution in [0.2, 0.25) is 0 Å². The molecule has 0 spiro atoms. The minimum atomic E-state index is -0.355. The Balaban J connectivity index is 2.25. The first-order valence-electron chi connectivity index (χ1n) is 5.30. The van der Waals surface area contributed by atoms with Crippen LogP contribution in [0.25, 0.3) is 0 Å². The summed E-state index contributed by atoms with van der Waals surface area (Å²) < 4.78 is 19.1. The van der Waals surface area contributed by atoms with Crippen LogP contribution >= 0.6 is 15.9 Å². The molecule has 0 radical (unpaired) electrons. The molecule has 0 aromatic heterocycles. The van der Waals surface area contributed by atoms with Gasteiger partial charge in [-0.1, -0.05) is 6.07 Å². The first kappa shape index (κ1) is 12.8. The molecule has 0 aliphatic rings. The van der Waals surface area contributed by atoms with E-state index in [2.05, 4.69) is 15.9 Å². The number of rotatable bonds is 3. The molecule has 0 amide bonds. The fourth-order valence-corrected chi connectivity index (χ4v) is 2.15. The summed E-state index contributed by atoms with van der Waals surface area (Å²) in [4.78, 5) is 11.3. The fraction of sp³-hybridized carbons (Fsp3) is 0.0714. The third-order valence-corrected chi connectivity index (χ3v) is 3.01.